The van der Waals surface area contributed by atoms with E-state index in [1.54, 1.807) is 0 Å². The topological polar surface area (TPSA) is 60.1 Å². The van der Waals surface area contributed by atoms with E-state index in [1.807, 2.05) is 0 Å². The van der Waals surface area contributed by atoms with E-state index in [1.165, 1.54) is 24.4 Å². The maximum atomic E-state index is 14.7. The van der Waals surface area contributed by atoms with Crippen LogP contribution in [0.1, 0.15) is 31.2 Å². The average molecular weight is 469 g/mol. The summed E-state index contributed by atoms with van der Waals surface area (Å²) in [5.41, 5.74) is -0.799. The minimum absolute atomic E-state index is 0.0269. The van der Waals surface area contributed by atoms with Gasteiger partial charge in [0.25, 0.3) is 5.56 Å². The molecule has 34 heavy (non-hydrogen) atoms. The standard InChI is InChI=1S/C25H19F4N3O2/c26-15-8-9-16(19(29)12-15)24-22(31-25(34-24)20-6-1-2-11-30-20)14-7-10-21(33)32(13-14)23-17(27)4-3-5-18(23)28/h3-5,7-10,12-13,20,30H,1-2,6,11H2/t20-/m1/s1. The summed E-state index contributed by atoms with van der Waals surface area (Å²) in [5.74, 6) is -3.11. The third kappa shape index (κ3) is 4.03. The van der Waals surface area contributed by atoms with Gasteiger partial charge in [0.15, 0.2) is 5.76 Å². The van der Waals surface area contributed by atoms with Gasteiger partial charge in [-0.3, -0.25) is 9.36 Å². The van der Waals surface area contributed by atoms with E-state index in [-0.39, 0.29) is 28.6 Å². The number of hydrogen-bond donors (Lipinski definition) is 1. The maximum Gasteiger partial charge on any atom is 0.255 e. The second kappa shape index (κ2) is 8.90. The summed E-state index contributed by atoms with van der Waals surface area (Å²) in [4.78, 5) is 17.0. The molecule has 1 saturated heterocycles. The van der Waals surface area contributed by atoms with Crippen LogP contribution in [0.25, 0.3) is 28.3 Å². The van der Waals surface area contributed by atoms with Gasteiger partial charge in [0.1, 0.15) is 34.7 Å². The number of pyridine rings is 1. The largest absolute Gasteiger partial charge is 0.438 e. The number of aromatic nitrogens is 2. The first-order chi connectivity index (χ1) is 16.4. The van der Waals surface area contributed by atoms with Crippen LogP contribution in [-0.2, 0) is 0 Å². The molecule has 9 heteroatoms. The van der Waals surface area contributed by atoms with E-state index in [0.717, 1.165) is 60.7 Å². The van der Waals surface area contributed by atoms with Gasteiger partial charge in [0, 0.05) is 23.9 Å². The van der Waals surface area contributed by atoms with Gasteiger partial charge < -0.3 is 9.73 Å². The zero-order chi connectivity index (χ0) is 23.8. The van der Waals surface area contributed by atoms with E-state index in [9.17, 15) is 22.4 Å². The summed E-state index contributed by atoms with van der Waals surface area (Å²) in [5, 5.41) is 3.30. The minimum Gasteiger partial charge on any atom is -0.438 e. The van der Waals surface area contributed by atoms with Crippen LogP contribution in [0.2, 0.25) is 0 Å². The Bertz CT molecular complexity index is 1400. The number of halogens is 4. The Labute approximate surface area is 191 Å². The lowest BCUT2D eigenvalue weighted by Crippen LogP contribution is -2.26. The Morgan fingerprint density at radius 3 is 2.47 bits per heavy atom. The van der Waals surface area contributed by atoms with Crippen LogP contribution in [-0.4, -0.2) is 16.1 Å². The van der Waals surface area contributed by atoms with Gasteiger partial charge in [-0.15, -0.1) is 0 Å². The highest BCUT2D eigenvalue weighted by atomic mass is 19.1. The molecule has 0 radical (unpaired) electrons. The molecule has 0 bridgehead atoms. The van der Waals surface area contributed by atoms with Crippen LogP contribution in [0, 0.1) is 23.3 Å². The second-order valence-electron chi connectivity index (χ2n) is 8.05. The van der Waals surface area contributed by atoms with Gasteiger partial charge in [-0.25, -0.2) is 22.5 Å². The fourth-order valence-corrected chi connectivity index (χ4v) is 4.12. The fraction of sp³-hybridized carbons (Fsp3) is 0.200. The van der Waals surface area contributed by atoms with E-state index in [2.05, 4.69) is 10.3 Å². The summed E-state index contributed by atoms with van der Waals surface area (Å²) in [7, 11) is 0. The van der Waals surface area contributed by atoms with Crippen molar-refractivity contribution in [2.45, 2.75) is 25.3 Å². The van der Waals surface area contributed by atoms with Crippen LogP contribution in [0.15, 0.2) is 63.9 Å². The fourth-order valence-electron chi connectivity index (χ4n) is 4.12. The highest BCUT2D eigenvalue weighted by Crippen LogP contribution is 2.37. The molecule has 1 N–H and O–H groups in total. The van der Waals surface area contributed by atoms with Crippen molar-refractivity contribution >= 4 is 0 Å². The molecule has 1 atom stereocenters. The summed E-state index contributed by atoms with van der Waals surface area (Å²) < 4.78 is 63.8. The third-order valence-electron chi connectivity index (χ3n) is 5.79. The molecule has 0 saturated carbocycles. The molecule has 1 aliphatic heterocycles. The molecule has 4 aromatic rings. The molecule has 0 unspecified atom stereocenters. The van der Waals surface area contributed by atoms with E-state index < -0.39 is 34.5 Å². The maximum absolute atomic E-state index is 14.7. The summed E-state index contributed by atoms with van der Waals surface area (Å²) in [6.07, 6.45) is 3.94. The lowest BCUT2D eigenvalue weighted by Gasteiger charge is -2.20. The SMILES string of the molecule is O=c1ccc(-c2nc([C@H]3CCCCN3)oc2-c2ccc(F)cc2F)cn1-c1c(F)cccc1F. The minimum atomic E-state index is -0.920. The molecule has 5 rings (SSSR count). The number of nitrogens with one attached hydrogen (secondary N) is 1. The van der Waals surface area contributed by atoms with Crippen molar-refractivity contribution in [1.82, 2.24) is 14.9 Å². The van der Waals surface area contributed by atoms with Crippen LogP contribution in [0.4, 0.5) is 17.6 Å². The van der Waals surface area contributed by atoms with Crippen molar-refractivity contribution in [2.75, 3.05) is 6.54 Å². The molecule has 3 heterocycles. The van der Waals surface area contributed by atoms with Gasteiger partial charge in [0.2, 0.25) is 5.89 Å². The number of hydrogen-bond acceptors (Lipinski definition) is 4. The first-order valence-corrected chi connectivity index (χ1v) is 10.8. The van der Waals surface area contributed by atoms with E-state index in [4.69, 9.17) is 4.42 Å². The molecular formula is C25H19F4N3O2. The Morgan fingerprint density at radius 2 is 1.76 bits per heavy atom. The van der Waals surface area contributed by atoms with Crippen LogP contribution >= 0.6 is 0 Å². The summed E-state index contributed by atoms with van der Waals surface area (Å²) in [6, 6.07) is 8.69. The zero-order valence-electron chi connectivity index (χ0n) is 17.8. The Kier molecular flexibility index (Phi) is 5.79. The first-order valence-electron chi connectivity index (χ1n) is 10.8. The molecular weight excluding hydrogens is 450 g/mol. The molecule has 0 spiro atoms. The molecule has 5 nitrogen and oxygen atoms in total. The summed E-state index contributed by atoms with van der Waals surface area (Å²) >= 11 is 0. The predicted molar refractivity (Wildman–Crippen MR) is 117 cm³/mol. The smallest absolute Gasteiger partial charge is 0.255 e. The Morgan fingerprint density at radius 1 is 0.971 bits per heavy atom. The van der Waals surface area contributed by atoms with Gasteiger partial charge in [-0.1, -0.05) is 12.5 Å². The molecule has 2 aromatic heterocycles. The highest BCUT2D eigenvalue weighted by Gasteiger charge is 2.26. The molecule has 1 fully saturated rings. The van der Waals surface area contributed by atoms with Crippen LogP contribution in [0.5, 0.6) is 0 Å². The molecule has 0 aliphatic carbocycles. The second-order valence-corrected chi connectivity index (χ2v) is 8.05. The van der Waals surface area contributed by atoms with Crippen molar-refractivity contribution in [3.63, 3.8) is 0 Å². The quantitative estimate of drug-likeness (QED) is 0.399. The van der Waals surface area contributed by atoms with Crippen LogP contribution in [0.3, 0.4) is 0 Å². The average Bonchev–Trinajstić information content (AvgIpc) is 3.26. The number of oxazole rings is 1. The lowest BCUT2D eigenvalue weighted by atomic mass is 10.1. The van der Waals surface area contributed by atoms with Gasteiger partial charge >= 0.3 is 0 Å². The van der Waals surface area contributed by atoms with Crippen molar-refractivity contribution in [2.24, 2.45) is 0 Å². The van der Waals surface area contributed by atoms with Crippen LogP contribution < -0.4 is 10.9 Å². The number of nitrogens with zero attached hydrogens (tertiary/aromatic N) is 2. The number of benzene rings is 2. The van der Waals surface area contributed by atoms with Gasteiger partial charge in [-0.2, -0.15) is 0 Å². The van der Waals surface area contributed by atoms with Gasteiger partial charge in [-0.05, 0) is 49.7 Å². The van der Waals surface area contributed by atoms with E-state index >= 15 is 0 Å². The molecule has 0 amide bonds. The lowest BCUT2D eigenvalue weighted by molar-refractivity contribution is 0.341. The summed E-state index contributed by atoms with van der Waals surface area (Å²) in [6.45, 7) is 0.764. The van der Waals surface area contributed by atoms with Crippen molar-refractivity contribution in [3.8, 4) is 28.3 Å². The highest BCUT2D eigenvalue weighted by molar-refractivity contribution is 5.77. The van der Waals surface area contributed by atoms with E-state index in [0.29, 0.717) is 5.89 Å². The number of para-hydroxylation sites is 1. The first kappa shape index (κ1) is 22.1. The third-order valence-corrected chi connectivity index (χ3v) is 5.79. The van der Waals surface area contributed by atoms with Gasteiger partial charge in [0.05, 0.1) is 11.6 Å². The number of piperidine rings is 1. The Balaban J connectivity index is 1.70. The normalized spacial score (nSPS) is 16.1. The molecule has 1 aliphatic rings. The zero-order valence-corrected chi connectivity index (χ0v) is 17.8. The monoisotopic (exact) mass is 469 g/mol. The van der Waals surface area contributed by atoms with Crippen molar-refractivity contribution in [3.05, 3.63) is 94.2 Å². The van der Waals surface area contributed by atoms with Crippen molar-refractivity contribution in [1.29, 1.82) is 0 Å². The molecule has 2 aromatic carbocycles. The Hall–Kier alpha value is -3.72. The van der Waals surface area contributed by atoms with Crippen molar-refractivity contribution < 1.29 is 22.0 Å². The predicted octanol–water partition coefficient (Wildman–Crippen LogP) is 5.53. The molecule has 174 valence electrons. The number of rotatable bonds is 4.